The molecule has 1 aromatic carbocycles. The van der Waals surface area contributed by atoms with Gasteiger partial charge in [0.2, 0.25) is 0 Å². The largest absolute Gasteiger partial charge is 0.416 e. The molecule has 0 fully saturated rings. The number of nitrogens with one attached hydrogen (secondary N) is 1. The Labute approximate surface area is 139 Å². The summed E-state index contributed by atoms with van der Waals surface area (Å²) in [6.45, 7) is 0. The highest BCUT2D eigenvalue weighted by atomic mass is 79.9. The zero-order valence-electron chi connectivity index (χ0n) is 10.6. The van der Waals surface area contributed by atoms with Gasteiger partial charge in [-0.05, 0) is 68.7 Å². The molecule has 1 unspecified atom stereocenters. The van der Waals surface area contributed by atoms with Gasteiger partial charge in [0.05, 0.1) is 19.2 Å². The van der Waals surface area contributed by atoms with Crippen molar-refractivity contribution in [3.63, 3.8) is 0 Å². The Morgan fingerprint density at radius 1 is 1.14 bits per heavy atom. The lowest BCUT2D eigenvalue weighted by atomic mass is 9.98. The normalized spacial score (nSPS) is 13.5. The molecule has 1 nitrogen and oxygen atoms in total. The second kappa shape index (κ2) is 6.36. The van der Waals surface area contributed by atoms with Crippen LogP contribution in [0.1, 0.15) is 22.7 Å². The van der Waals surface area contributed by atoms with Gasteiger partial charge in [0, 0.05) is 5.56 Å². The predicted molar refractivity (Wildman–Crippen MR) is 82.0 cm³/mol. The van der Waals surface area contributed by atoms with Gasteiger partial charge in [0.15, 0.2) is 0 Å². The topological polar surface area (TPSA) is 12.0 Å². The van der Waals surface area contributed by atoms with E-state index in [1.165, 1.54) is 11.3 Å². The van der Waals surface area contributed by atoms with Crippen molar-refractivity contribution in [2.24, 2.45) is 0 Å². The summed E-state index contributed by atoms with van der Waals surface area (Å²) >= 11 is 8.02. The summed E-state index contributed by atoms with van der Waals surface area (Å²) in [5, 5.41) is 2.86. The van der Waals surface area contributed by atoms with Crippen molar-refractivity contribution in [3.8, 4) is 0 Å². The fraction of sp³-hybridized carbons (Fsp3) is 0.231. The second-order valence-corrected chi connectivity index (χ2v) is 7.98. The number of benzene rings is 1. The molecule has 0 bridgehead atoms. The molecular formula is C13H9Br2F4NS. The van der Waals surface area contributed by atoms with E-state index in [1.807, 2.05) is 0 Å². The van der Waals surface area contributed by atoms with Crippen LogP contribution in [0, 0.1) is 5.82 Å². The zero-order valence-corrected chi connectivity index (χ0v) is 14.6. The first-order valence-corrected chi connectivity index (χ1v) is 8.13. The van der Waals surface area contributed by atoms with Crippen LogP contribution in [0.3, 0.4) is 0 Å². The smallest absolute Gasteiger partial charge is 0.309 e. The summed E-state index contributed by atoms with van der Waals surface area (Å²) in [6, 6.07) is 3.50. The van der Waals surface area contributed by atoms with Crippen molar-refractivity contribution < 1.29 is 17.6 Å². The Morgan fingerprint density at radius 2 is 1.81 bits per heavy atom. The van der Waals surface area contributed by atoms with Crippen molar-refractivity contribution in [1.29, 1.82) is 0 Å². The number of thiophene rings is 1. The standard InChI is InChI=1S/C13H9Br2F4NS/c1-20-11(8-5-10(14)21-12(8)15)7-4-6(13(17,18)19)2-3-9(7)16/h2-5,11,20H,1H3. The average molecular weight is 447 g/mol. The molecule has 0 aliphatic rings. The van der Waals surface area contributed by atoms with Crippen molar-refractivity contribution >= 4 is 43.2 Å². The van der Waals surface area contributed by atoms with E-state index in [4.69, 9.17) is 0 Å². The van der Waals surface area contributed by atoms with E-state index < -0.39 is 23.6 Å². The van der Waals surface area contributed by atoms with Crippen LogP contribution in [0.5, 0.6) is 0 Å². The number of halogens is 6. The van der Waals surface area contributed by atoms with Gasteiger partial charge in [-0.1, -0.05) is 0 Å². The number of hydrogen-bond acceptors (Lipinski definition) is 2. The van der Waals surface area contributed by atoms with Crippen LogP contribution < -0.4 is 5.32 Å². The fourth-order valence-electron chi connectivity index (χ4n) is 1.97. The maximum Gasteiger partial charge on any atom is 0.416 e. The maximum absolute atomic E-state index is 14.0. The predicted octanol–water partition coefficient (Wildman–Crippen LogP) is 5.74. The third-order valence-corrected chi connectivity index (χ3v) is 5.30. The van der Waals surface area contributed by atoms with Gasteiger partial charge in [0.1, 0.15) is 5.82 Å². The van der Waals surface area contributed by atoms with E-state index in [0.717, 1.165) is 25.8 Å². The zero-order chi connectivity index (χ0) is 15.8. The molecule has 0 radical (unpaired) electrons. The monoisotopic (exact) mass is 445 g/mol. The van der Waals surface area contributed by atoms with E-state index in [1.54, 1.807) is 13.1 Å². The first-order chi connectivity index (χ1) is 9.74. The number of rotatable bonds is 3. The minimum atomic E-state index is -4.51. The van der Waals surface area contributed by atoms with E-state index >= 15 is 0 Å². The van der Waals surface area contributed by atoms with E-state index in [2.05, 4.69) is 37.2 Å². The molecule has 8 heteroatoms. The third-order valence-electron chi connectivity index (χ3n) is 2.92. The Hall–Kier alpha value is -0.440. The fourth-order valence-corrected chi connectivity index (χ4v) is 4.87. The third kappa shape index (κ3) is 3.67. The number of alkyl halides is 3. The molecule has 0 aliphatic carbocycles. The van der Waals surface area contributed by atoms with Gasteiger partial charge in [-0.15, -0.1) is 11.3 Å². The SMILES string of the molecule is CNC(c1cc(C(F)(F)F)ccc1F)c1cc(Br)sc1Br. The molecule has 1 N–H and O–H groups in total. The van der Waals surface area contributed by atoms with Gasteiger partial charge in [0.25, 0.3) is 0 Å². The van der Waals surface area contributed by atoms with Crippen LogP contribution >= 0.6 is 43.2 Å². The Bertz CT molecular complexity index is 654. The molecule has 1 atom stereocenters. The summed E-state index contributed by atoms with van der Waals surface area (Å²) < 4.78 is 53.9. The van der Waals surface area contributed by atoms with E-state index in [9.17, 15) is 17.6 Å². The average Bonchev–Trinajstić information content (AvgIpc) is 2.70. The highest BCUT2D eigenvalue weighted by Gasteiger charge is 2.32. The summed E-state index contributed by atoms with van der Waals surface area (Å²) in [5.74, 6) is -0.684. The molecule has 1 heterocycles. The highest BCUT2D eigenvalue weighted by Crippen LogP contribution is 2.39. The van der Waals surface area contributed by atoms with Crippen molar-refractivity contribution in [3.05, 3.63) is 54.3 Å². The first-order valence-electron chi connectivity index (χ1n) is 5.72. The van der Waals surface area contributed by atoms with E-state index in [-0.39, 0.29) is 5.56 Å². The summed E-state index contributed by atoms with van der Waals surface area (Å²) in [4.78, 5) is 0. The lowest BCUT2D eigenvalue weighted by Crippen LogP contribution is -2.20. The van der Waals surface area contributed by atoms with Crippen LogP contribution in [0.4, 0.5) is 17.6 Å². The Kier molecular flexibility index (Phi) is 5.12. The van der Waals surface area contributed by atoms with Crippen molar-refractivity contribution in [1.82, 2.24) is 5.32 Å². The Morgan fingerprint density at radius 3 is 2.29 bits per heavy atom. The van der Waals surface area contributed by atoms with Crippen molar-refractivity contribution in [2.45, 2.75) is 12.2 Å². The van der Waals surface area contributed by atoms with Crippen LogP contribution in [0.15, 0.2) is 31.8 Å². The molecule has 0 spiro atoms. The molecular weight excluding hydrogens is 438 g/mol. The van der Waals surface area contributed by atoms with Crippen molar-refractivity contribution in [2.75, 3.05) is 7.05 Å². The molecule has 1 aromatic heterocycles. The molecule has 2 rings (SSSR count). The minimum Gasteiger partial charge on any atom is -0.309 e. The van der Waals surface area contributed by atoms with Crippen LogP contribution in [-0.4, -0.2) is 7.05 Å². The van der Waals surface area contributed by atoms with Gasteiger partial charge in [-0.2, -0.15) is 13.2 Å². The maximum atomic E-state index is 14.0. The molecule has 114 valence electrons. The molecule has 2 aromatic rings. The van der Waals surface area contributed by atoms with Crippen LogP contribution in [0.25, 0.3) is 0 Å². The van der Waals surface area contributed by atoms with Crippen LogP contribution in [0.2, 0.25) is 0 Å². The molecule has 0 saturated carbocycles. The molecule has 0 amide bonds. The Balaban J connectivity index is 2.54. The highest BCUT2D eigenvalue weighted by molar-refractivity contribution is 9.12. The second-order valence-electron chi connectivity index (χ2n) is 4.24. The molecule has 21 heavy (non-hydrogen) atoms. The molecule has 0 aliphatic heterocycles. The quantitative estimate of drug-likeness (QED) is 0.593. The minimum absolute atomic E-state index is 0.0432. The molecule has 0 saturated heterocycles. The first kappa shape index (κ1) is 16.9. The van der Waals surface area contributed by atoms with E-state index in [0.29, 0.717) is 5.56 Å². The summed E-state index contributed by atoms with van der Waals surface area (Å²) in [6.07, 6.45) is -4.51. The number of hydrogen-bond donors (Lipinski definition) is 1. The van der Waals surface area contributed by atoms with Gasteiger partial charge < -0.3 is 5.32 Å². The lowest BCUT2D eigenvalue weighted by Gasteiger charge is -2.19. The summed E-state index contributed by atoms with van der Waals surface area (Å²) in [7, 11) is 1.57. The lowest BCUT2D eigenvalue weighted by molar-refractivity contribution is -0.137. The van der Waals surface area contributed by atoms with Gasteiger partial charge >= 0.3 is 6.18 Å². The van der Waals surface area contributed by atoms with Gasteiger partial charge in [-0.3, -0.25) is 0 Å². The van der Waals surface area contributed by atoms with Gasteiger partial charge in [-0.25, -0.2) is 4.39 Å². The summed E-state index contributed by atoms with van der Waals surface area (Å²) in [5.41, 5.74) is -0.240. The van der Waals surface area contributed by atoms with Crippen LogP contribution in [-0.2, 0) is 6.18 Å².